The van der Waals surface area contributed by atoms with E-state index < -0.39 is 0 Å². The van der Waals surface area contributed by atoms with E-state index >= 15 is 0 Å². The second kappa shape index (κ2) is 9.64. The Morgan fingerprint density at radius 1 is 1.38 bits per heavy atom. The zero-order valence-corrected chi connectivity index (χ0v) is 15.1. The lowest BCUT2D eigenvalue weighted by atomic mass is 10.0. The number of ether oxygens (including phenoxy) is 1. The van der Waals surface area contributed by atoms with Crippen LogP contribution in [0.4, 0.5) is 10.5 Å². The van der Waals surface area contributed by atoms with Crippen LogP contribution in [0.5, 0.6) is 0 Å². The van der Waals surface area contributed by atoms with E-state index in [4.69, 9.17) is 4.74 Å². The number of hydrogen-bond donors (Lipinski definition) is 2. The van der Waals surface area contributed by atoms with Crippen LogP contribution < -0.4 is 10.6 Å². The largest absolute Gasteiger partial charge is 0.383 e. The zero-order chi connectivity index (χ0) is 17.4. The van der Waals surface area contributed by atoms with Crippen LogP contribution in [0, 0.1) is 5.92 Å². The van der Waals surface area contributed by atoms with Gasteiger partial charge in [-0.15, -0.1) is 0 Å². The molecule has 7 nitrogen and oxygen atoms in total. The van der Waals surface area contributed by atoms with Crippen LogP contribution >= 0.6 is 0 Å². The molecule has 2 amide bonds. The van der Waals surface area contributed by atoms with Crippen molar-refractivity contribution in [3.63, 3.8) is 0 Å². The molecule has 1 aliphatic rings. The monoisotopic (exact) mass is 337 g/mol. The molecule has 24 heavy (non-hydrogen) atoms. The van der Waals surface area contributed by atoms with Crippen LogP contribution in [-0.2, 0) is 11.3 Å². The summed E-state index contributed by atoms with van der Waals surface area (Å²) in [6, 6.07) is 0.247. The molecule has 1 unspecified atom stereocenters. The molecule has 0 saturated carbocycles. The molecule has 0 radical (unpaired) electrons. The highest BCUT2D eigenvalue weighted by atomic mass is 16.5. The Balaban J connectivity index is 1.78. The Bertz CT molecular complexity index is 497. The van der Waals surface area contributed by atoms with Gasteiger partial charge >= 0.3 is 6.03 Å². The van der Waals surface area contributed by atoms with Gasteiger partial charge in [-0.25, -0.2) is 4.79 Å². The number of nitrogens with zero attached hydrogens (tertiary/aromatic N) is 3. The third-order valence-corrected chi connectivity index (χ3v) is 4.31. The lowest BCUT2D eigenvalue weighted by Gasteiger charge is -2.29. The summed E-state index contributed by atoms with van der Waals surface area (Å²) in [5, 5.41) is 10.0. The Hall–Kier alpha value is -1.60. The molecule has 0 aliphatic carbocycles. The van der Waals surface area contributed by atoms with E-state index in [9.17, 15) is 4.79 Å². The number of nitrogens with one attached hydrogen (secondary N) is 2. The smallest absolute Gasteiger partial charge is 0.319 e. The van der Waals surface area contributed by atoms with E-state index in [1.165, 1.54) is 12.8 Å². The summed E-state index contributed by atoms with van der Waals surface area (Å²) in [7, 11) is 1.66. The third-order valence-electron chi connectivity index (χ3n) is 4.31. The van der Waals surface area contributed by atoms with Gasteiger partial charge in [0, 0.05) is 25.9 Å². The first kappa shape index (κ1) is 18.7. The number of carbonyl (C=O) groups excluding carboxylic acids is 1. The number of amides is 2. The molecule has 2 heterocycles. The summed E-state index contributed by atoms with van der Waals surface area (Å²) in [6.45, 7) is 8.71. The fourth-order valence-corrected chi connectivity index (χ4v) is 3.13. The fourth-order valence-electron chi connectivity index (χ4n) is 3.13. The molecule has 0 aromatic carbocycles. The van der Waals surface area contributed by atoms with Crippen molar-refractivity contribution in [2.24, 2.45) is 5.92 Å². The van der Waals surface area contributed by atoms with Crippen molar-refractivity contribution >= 4 is 11.7 Å². The minimum absolute atomic E-state index is 0.172. The molecule has 0 spiro atoms. The zero-order valence-electron chi connectivity index (χ0n) is 15.1. The predicted molar refractivity (Wildman–Crippen MR) is 95.2 cm³/mol. The van der Waals surface area contributed by atoms with Crippen molar-refractivity contribution in [1.29, 1.82) is 0 Å². The lowest BCUT2D eigenvalue weighted by molar-refractivity contribution is 0.183. The average Bonchev–Trinajstić information content (AvgIpc) is 3.21. The molecule has 1 atom stereocenters. The second-order valence-electron chi connectivity index (χ2n) is 6.85. The fraction of sp³-hybridized carbons (Fsp3) is 0.765. The number of methoxy groups -OCH3 is 1. The number of anilines is 1. The summed E-state index contributed by atoms with van der Waals surface area (Å²) >= 11 is 0. The van der Waals surface area contributed by atoms with E-state index in [1.807, 2.05) is 6.20 Å². The van der Waals surface area contributed by atoms with Gasteiger partial charge in [-0.1, -0.05) is 13.8 Å². The summed E-state index contributed by atoms with van der Waals surface area (Å²) in [5.74, 6) is 0.625. The van der Waals surface area contributed by atoms with Crippen LogP contribution in [0.2, 0.25) is 0 Å². The van der Waals surface area contributed by atoms with Gasteiger partial charge in [-0.2, -0.15) is 5.10 Å². The van der Waals surface area contributed by atoms with Gasteiger partial charge in [0.2, 0.25) is 0 Å². The van der Waals surface area contributed by atoms with Gasteiger partial charge in [-0.3, -0.25) is 9.58 Å². The lowest BCUT2D eigenvalue weighted by Crippen LogP contribution is -2.44. The maximum atomic E-state index is 12.1. The minimum atomic E-state index is -0.172. The number of aromatic nitrogens is 2. The van der Waals surface area contributed by atoms with Gasteiger partial charge in [0.25, 0.3) is 0 Å². The molecule has 1 aliphatic heterocycles. The average molecular weight is 337 g/mol. The Kier molecular flexibility index (Phi) is 7.52. The molecule has 2 rings (SSSR count). The van der Waals surface area contributed by atoms with Crippen LogP contribution in [0.15, 0.2) is 12.4 Å². The number of urea groups is 1. The van der Waals surface area contributed by atoms with Crippen molar-refractivity contribution in [3.05, 3.63) is 12.4 Å². The van der Waals surface area contributed by atoms with E-state index in [2.05, 4.69) is 34.5 Å². The molecule has 1 aromatic rings. The van der Waals surface area contributed by atoms with Crippen LogP contribution in [-0.4, -0.2) is 60.1 Å². The highest BCUT2D eigenvalue weighted by molar-refractivity contribution is 5.88. The SMILES string of the molecule is COCCn1cc(NC(=O)NCC(CC(C)C)N2CCCC2)cn1. The van der Waals surface area contributed by atoms with Crippen molar-refractivity contribution in [2.75, 3.05) is 38.7 Å². The molecule has 136 valence electrons. The first-order valence-electron chi connectivity index (χ1n) is 8.88. The number of rotatable bonds is 9. The van der Waals surface area contributed by atoms with Gasteiger partial charge < -0.3 is 15.4 Å². The number of hydrogen-bond acceptors (Lipinski definition) is 4. The van der Waals surface area contributed by atoms with E-state index in [0.29, 0.717) is 37.3 Å². The Labute approximate surface area is 144 Å². The molecule has 0 bridgehead atoms. The summed E-state index contributed by atoms with van der Waals surface area (Å²) in [4.78, 5) is 14.6. The van der Waals surface area contributed by atoms with Crippen molar-refractivity contribution in [1.82, 2.24) is 20.0 Å². The normalized spacial score (nSPS) is 16.5. The minimum Gasteiger partial charge on any atom is -0.383 e. The molecule has 2 N–H and O–H groups in total. The second-order valence-corrected chi connectivity index (χ2v) is 6.85. The maximum Gasteiger partial charge on any atom is 0.319 e. The van der Waals surface area contributed by atoms with Gasteiger partial charge in [-0.05, 0) is 38.3 Å². The number of likely N-dealkylation sites (tertiary alicyclic amines) is 1. The van der Waals surface area contributed by atoms with Crippen LogP contribution in [0.1, 0.15) is 33.1 Å². The van der Waals surface area contributed by atoms with E-state index in [1.54, 1.807) is 18.0 Å². The molecular formula is C17H31N5O2. The van der Waals surface area contributed by atoms with Gasteiger partial charge in [0.05, 0.1) is 25.0 Å². The highest BCUT2D eigenvalue weighted by Gasteiger charge is 2.23. The summed E-state index contributed by atoms with van der Waals surface area (Å²) < 4.78 is 6.77. The molecule has 1 aromatic heterocycles. The first-order chi connectivity index (χ1) is 11.6. The third kappa shape index (κ3) is 6.13. The number of carbonyl (C=O) groups is 1. The first-order valence-corrected chi connectivity index (χ1v) is 8.88. The summed E-state index contributed by atoms with van der Waals surface area (Å²) in [5.41, 5.74) is 0.699. The Morgan fingerprint density at radius 2 is 2.12 bits per heavy atom. The van der Waals surface area contributed by atoms with Gasteiger partial charge in [0.15, 0.2) is 0 Å². The van der Waals surface area contributed by atoms with Crippen molar-refractivity contribution in [2.45, 2.75) is 45.7 Å². The molecular weight excluding hydrogens is 306 g/mol. The molecule has 7 heteroatoms. The van der Waals surface area contributed by atoms with Crippen molar-refractivity contribution < 1.29 is 9.53 Å². The topological polar surface area (TPSA) is 71.4 Å². The van der Waals surface area contributed by atoms with E-state index in [0.717, 1.165) is 19.5 Å². The Morgan fingerprint density at radius 3 is 2.79 bits per heavy atom. The van der Waals surface area contributed by atoms with Crippen LogP contribution in [0.25, 0.3) is 0 Å². The van der Waals surface area contributed by atoms with Gasteiger partial charge in [0.1, 0.15) is 0 Å². The highest BCUT2D eigenvalue weighted by Crippen LogP contribution is 2.17. The molecule has 1 fully saturated rings. The standard InChI is InChI=1S/C17H31N5O2/c1-14(2)10-16(21-6-4-5-7-21)12-18-17(23)20-15-11-19-22(13-15)8-9-24-3/h11,13-14,16H,4-10,12H2,1-3H3,(H2,18,20,23). The quantitative estimate of drug-likeness (QED) is 0.724. The predicted octanol–water partition coefficient (Wildman–Crippen LogP) is 2.16. The summed E-state index contributed by atoms with van der Waals surface area (Å²) in [6.07, 6.45) is 7.10. The van der Waals surface area contributed by atoms with Crippen LogP contribution in [0.3, 0.4) is 0 Å². The van der Waals surface area contributed by atoms with E-state index in [-0.39, 0.29) is 6.03 Å². The maximum absolute atomic E-state index is 12.1. The molecule has 1 saturated heterocycles. The van der Waals surface area contributed by atoms with Crippen molar-refractivity contribution in [3.8, 4) is 0 Å².